The topological polar surface area (TPSA) is 74.7 Å². The van der Waals surface area contributed by atoms with Gasteiger partial charge in [-0.1, -0.05) is 0 Å². The van der Waals surface area contributed by atoms with Gasteiger partial charge in [-0.2, -0.15) is 4.98 Å². The van der Waals surface area contributed by atoms with Crippen LogP contribution in [0.4, 0.5) is 11.5 Å². The number of hydrogen-bond donors (Lipinski definition) is 1. The molecule has 0 amide bonds. The van der Waals surface area contributed by atoms with Crippen LogP contribution in [0, 0.1) is 0 Å². The molecule has 7 nitrogen and oxygen atoms in total. The van der Waals surface area contributed by atoms with Crippen molar-refractivity contribution >= 4 is 34.0 Å². The molecule has 2 aromatic carbocycles. The lowest BCUT2D eigenvalue weighted by Gasteiger charge is -2.15. The van der Waals surface area contributed by atoms with E-state index in [2.05, 4.69) is 15.3 Å². The van der Waals surface area contributed by atoms with Crippen LogP contribution in [0.1, 0.15) is 0 Å². The predicted molar refractivity (Wildman–Crippen MR) is 100 cm³/mol. The lowest BCUT2D eigenvalue weighted by Crippen LogP contribution is -2.01. The highest BCUT2D eigenvalue weighted by atomic mass is 35.5. The molecule has 8 heteroatoms. The van der Waals surface area contributed by atoms with E-state index in [1.165, 1.54) is 0 Å². The minimum atomic E-state index is 0.111. The van der Waals surface area contributed by atoms with Crippen molar-refractivity contribution in [3.8, 4) is 23.0 Å². The van der Waals surface area contributed by atoms with Crippen molar-refractivity contribution in [2.75, 3.05) is 33.8 Å². The Morgan fingerprint density at radius 1 is 0.808 bits per heavy atom. The second kappa shape index (κ2) is 7.53. The number of nitrogens with zero attached hydrogens (tertiary/aromatic N) is 2. The molecule has 136 valence electrons. The van der Waals surface area contributed by atoms with Gasteiger partial charge in [0.15, 0.2) is 11.5 Å². The van der Waals surface area contributed by atoms with Gasteiger partial charge in [0.05, 0.1) is 39.6 Å². The summed E-state index contributed by atoms with van der Waals surface area (Å²) in [7, 11) is 6.31. The molecule has 3 aromatic rings. The molecule has 26 heavy (non-hydrogen) atoms. The van der Waals surface area contributed by atoms with Crippen LogP contribution >= 0.6 is 11.6 Å². The molecular weight excluding hydrogens is 358 g/mol. The third kappa shape index (κ3) is 3.39. The van der Waals surface area contributed by atoms with Gasteiger partial charge in [-0.15, -0.1) is 0 Å². The summed E-state index contributed by atoms with van der Waals surface area (Å²) in [5, 5.41) is 4.07. The molecule has 0 saturated heterocycles. The Balaban J connectivity index is 2.13. The number of nitrogens with one attached hydrogen (secondary N) is 1. The molecule has 0 aliphatic carbocycles. The highest BCUT2D eigenvalue weighted by molar-refractivity contribution is 6.28. The quantitative estimate of drug-likeness (QED) is 0.651. The van der Waals surface area contributed by atoms with Gasteiger partial charge in [0, 0.05) is 17.5 Å². The van der Waals surface area contributed by atoms with Gasteiger partial charge in [0.2, 0.25) is 5.28 Å². The molecule has 1 heterocycles. The summed E-state index contributed by atoms with van der Waals surface area (Å²) < 4.78 is 21.3. The number of rotatable bonds is 6. The maximum Gasteiger partial charge on any atom is 0.224 e. The molecular formula is C18H18ClN3O4. The zero-order valence-electron chi connectivity index (χ0n) is 14.8. The van der Waals surface area contributed by atoms with Gasteiger partial charge in [-0.05, 0) is 29.8 Å². The Bertz CT molecular complexity index is 949. The minimum absolute atomic E-state index is 0.111. The van der Waals surface area contributed by atoms with Crippen LogP contribution < -0.4 is 24.3 Å². The van der Waals surface area contributed by atoms with Crippen LogP contribution in [0.25, 0.3) is 10.9 Å². The summed E-state index contributed by atoms with van der Waals surface area (Å²) in [6.07, 6.45) is 0. The number of benzene rings is 2. The summed E-state index contributed by atoms with van der Waals surface area (Å²) in [4.78, 5) is 8.56. The molecule has 0 spiro atoms. The Morgan fingerprint density at radius 3 is 2.15 bits per heavy atom. The first kappa shape index (κ1) is 17.9. The van der Waals surface area contributed by atoms with E-state index in [-0.39, 0.29) is 5.28 Å². The number of anilines is 2. The molecule has 0 saturated carbocycles. The van der Waals surface area contributed by atoms with Crippen molar-refractivity contribution in [3.05, 3.63) is 35.6 Å². The first-order valence-corrected chi connectivity index (χ1v) is 8.05. The van der Waals surface area contributed by atoms with E-state index >= 15 is 0 Å². The number of fused-ring (bicyclic) bond motifs is 1. The average molecular weight is 376 g/mol. The average Bonchev–Trinajstić information content (AvgIpc) is 2.67. The molecule has 0 aliphatic heterocycles. The normalized spacial score (nSPS) is 10.5. The number of halogens is 1. The Labute approximate surface area is 155 Å². The highest BCUT2D eigenvalue weighted by Gasteiger charge is 2.14. The molecule has 3 rings (SSSR count). The van der Waals surface area contributed by atoms with Crippen molar-refractivity contribution < 1.29 is 18.9 Å². The van der Waals surface area contributed by atoms with Crippen LogP contribution in [-0.2, 0) is 0 Å². The standard InChI is InChI=1S/C18H18ClN3O4/c1-23-10-5-6-12(14(7-10)24-2)20-17-11-8-15(25-3)16(26-4)9-13(11)21-18(19)22-17/h5-9H,1-4H3,(H,20,21,22). The number of methoxy groups -OCH3 is 4. The minimum Gasteiger partial charge on any atom is -0.497 e. The lowest BCUT2D eigenvalue weighted by molar-refractivity contribution is 0.356. The summed E-state index contributed by atoms with van der Waals surface area (Å²) in [5.74, 6) is 2.93. The van der Waals surface area contributed by atoms with E-state index in [0.29, 0.717) is 40.0 Å². The van der Waals surface area contributed by atoms with E-state index in [1.54, 1.807) is 46.6 Å². The number of hydrogen-bond acceptors (Lipinski definition) is 7. The SMILES string of the molecule is COc1ccc(Nc2nc(Cl)nc3cc(OC)c(OC)cc23)c(OC)c1. The zero-order chi connectivity index (χ0) is 18.7. The van der Waals surface area contributed by atoms with Crippen molar-refractivity contribution in [3.63, 3.8) is 0 Å². The van der Waals surface area contributed by atoms with Crippen LogP contribution in [0.15, 0.2) is 30.3 Å². The van der Waals surface area contributed by atoms with Crippen LogP contribution in [-0.4, -0.2) is 38.4 Å². The maximum atomic E-state index is 6.10. The number of aromatic nitrogens is 2. The molecule has 0 unspecified atom stereocenters. The molecule has 1 aromatic heterocycles. The lowest BCUT2D eigenvalue weighted by atomic mass is 10.2. The van der Waals surface area contributed by atoms with Crippen LogP contribution in [0.2, 0.25) is 5.28 Å². The van der Waals surface area contributed by atoms with Gasteiger partial charge in [-0.3, -0.25) is 0 Å². The van der Waals surface area contributed by atoms with E-state index in [1.807, 2.05) is 12.1 Å². The summed E-state index contributed by atoms with van der Waals surface area (Å²) in [6, 6.07) is 8.97. The summed E-state index contributed by atoms with van der Waals surface area (Å²) in [6.45, 7) is 0. The number of ether oxygens (including phenoxy) is 4. The predicted octanol–water partition coefficient (Wildman–Crippen LogP) is 4.06. The van der Waals surface area contributed by atoms with Crippen molar-refractivity contribution in [2.24, 2.45) is 0 Å². The fraction of sp³-hybridized carbons (Fsp3) is 0.222. The second-order valence-electron chi connectivity index (χ2n) is 5.26. The molecule has 0 atom stereocenters. The molecule has 1 N–H and O–H groups in total. The third-order valence-corrected chi connectivity index (χ3v) is 4.00. The smallest absolute Gasteiger partial charge is 0.224 e. The fourth-order valence-corrected chi connectivity index (χ4v) is 2.73. The third-order valence-electron chi connectivity index (χ3n) is 3.84. The van der Waals surface area contributed by atoms with Gasteiger partial charge < -0.3 is 24.3 Å². The first-order chi connectivity index (χ1) is 12.6. The fourth-order valence-electron chi connectivity index (χ4n) is 2.55. The Kier molecular flexibility index (Phi) is 5.18. The van der Waals surface area contributed by atoms with Gasteiger partial charge in [0.25, 0.3) is 0 Å². The van der Waals surface area contributed by atoms with E-state index in [4.69, 9.17) is 30.5 Å². The van der Waals surface area contributed by atoms with Gasteiger partial charge in [-0.25, -0.2) is 4.98 Å². The summed E-state index contributed by atoms with van der Waals surface area (Å²) >= 11 is 6.10. The molecule has 0 radical (unpaired) electrons. The van der Waals surface area contributed by atoms with E-state index in [0.717, 1.165) is 5.39 Å². The van der Waals surface area contributed by atoms with Crippen LogP contribution in [0.5, 0.6) is 23.0 Å². The van der Waals surface area contributed by atoms with Crippen molar-refractivity contribution in [2.45, 2.75) is 0 Å². The monoisotopic (exact) mass is 375 g/mol. The first-order valence-electron chi connectivity index (χ1n) is 7.68. The van der Waals surface area contributed by atoms with Crippen LogP contribution in [0.3, 0.4) is 0 Å². The molecule has 0 bridgehead atoms. The van der Waals surface area contributed by atoms with Crippen molar-refractivity contribution in [1.82, 2.24) is 9.97 Å². The van der Waals surface area contributed by atoms with Gasteiger partial charge >= 0.3 is 0 Å². The summed E-state index contributed by atoms with van der Waals surface area (Å²) in [5.41, 5.74) is 1.33. The second-order valence-corrected chi connectivity index (χ2v) is 5.59. The molecule has 0 aliphatic rings. The zero-order valence-corrected chi connectivity index (χ0v) is 15.5. The highest BCUT2D eigenvalue weighted by Crippen LogP contribution is 2.37. The van der Waals surface area contributed by atoms with E-state index in [9.17, 15) is 0 Å². The maximum absolute atomic E-state index is 6.10. The van der Waals surface area contributed by atoms with Crippen molar-refractivity contribution in [1.29, 1.82) is 0 Å². The van der Waals surface area contributed by atoms with E-state index < -0.39 is 0 Å². The molecule has 0 fully saturated rings. The Hall–Kier alpha value is -2.93. The Morgan fingerprint density at radius 2 is 1.50 bits per heavy atom. The van der Waals surface area contributed by atoms with Gasteiger partial charge in [0.1, 0.15) is 17.3 Å². The largest absolute Gasteiger partial charge is 0.497 e.